The molecule has 1 amide bonds. The molecule has 112 valence electrons. The molecule has 0 saturated carbocycles. The summed E-state index contributed by atoms with van der Waals surface area (Å²) in [7, 11) is 1.98. The molecule has 0 bridgehead atoms. The molecule has 1 atom stereocenters. The molecule has 1 aliphatic heterocycles. The molecule has 0 aromatic heterocycles. The van der Waals surface area contributed by atoms with Gasteiger partial charge < -0.3 is 10.2 Å². The number of piperidine rings is 1. The highest BCUT2D eigenvalue weighted by Gasteiger charge is 2.21. The molecule has 1 aliphatic rings. The van der Waals surface area contributed by atoms with Crippen molar-refractivity contribution in [2.45, 2.75) is 32.7 Å². The summed E-state index contributed by atoms with van der Waals surface area (Å²) in [6.07, 6.45) is 1.90. The molecule has 1 aromatic rings. The lowest BCUT2D eigenvalue weighted by Crippen LogP contribution is -2.46. The number of hydrogen-bond acceptors (Lipinski definition) is 2. The fraction of sp³-hybridized carbons (Fsp3) is 0.533. The van der Waals surface area contributed by atoms with E-state index in [0.29, 0.717) is 0 Å². The molecule has 1 saturated heterocycles. The lowest BCUT2D eigenvalue weighted by atomic mass is 10.1. The van der Waals surface area contributed by atoms with Gasteiger partial charge in [-0.3, -0.25) is 4.79 Å². The summed E-state index contributed by atoms with van der Waals surface area (Å²) in [5.41, 5.74) is -0.107. The smallest absolute Gasteiger partial charge is 0.254 e. The number of halogens is 2. The largest absolute Gasteiger partial charge is 0.348 e. The number of rotatable bonds is 2. The van der Waals surface area contributed by atoms with Crippen molar-refractivity contribution in [2.75, 3.05) is 20.1 Å². The third-order valence-corrected chi connectivity index (χ3v) is 3.14. The lowest BCUT2D eigenvalue weighted by Gasteiger charge is -2.30. The summed E-state index contributed by atoms with van der Waals surface area (Å²) in [4.78, 5) is 14.0. The number of carbonyl (C=O) groups excluding carboxylic acids is 1. The quantitative estimate of drug-likeness (QED) is 0.905. The lowest BCUT2D eigenvalue weighted by molar-refractivity contribution is 0.0908. The Balaban J connectivity index is 0.000000956. The number of hydrogen-bond donors (Lipinski definition) is 1. The fourth-order valence-corrected chi connectivity index (χ4v) is 2.22. The highest BCUT2D eigenvalue weighted by Crippen LogP contribution is 2.12. The van der Waals surface area contributed by atoms with E-state index in [2.05, 4.69) is 10.2 Å². The van der Waals surface area contributed by atoms with Crippen LogP contribution in [0.5, 0.6) is 0 Å². The van der Waals surface area contributed by atoms with Crippen LogP contribution in [0.4, 0.5) is 8.78 Å². The van der Waals surface area contributed by atoms with E-state index in [1.165, 1.54) is 6.07 Å². The van der Waals surface area contributed by atoms with Gasteiger partial charge in [0.2, 0.25) is 0 Å². The molecule has 1 heterocycles. The third kappa shape index (κ3) is 4.56. The van der Waals surface area contributed by atoms with Gasteiger partial charge in [0.05, 0.1) is 5.56 Å². The van der Waals surface area contributed by atoms with E-state index in [0.717, 1.165) is 38.1 Å². The van der Waals surface area contributed by atoms with Crippen molar-refractivity contribution in [3.8, 4) is 0 Å². The van der Waals surface area contributed by atoms with Gasteiger partial charge in [-0.2, -0.15) is 0 Å². The van der Waals surface area contributed by atoms with Crippen LogP contribution in [-0.2, 0) is 0 Å². The summed E-state index contributed by atoms with van der Waals surface area (Å²) in [5, 5.41) is 2.78. The van der Waals surface area contributed by atoms with Crippen molar-refractivity contribution in [2.24, 2.45) is 0 Å². The molecule has 3 nitrogen and oxygen atoms in total. The van der Waals surface area contributed by atoms with Crippen molar-refractivity contribution >= 4 is 5.91 Å². The average Bonchev–Trinajstić information content (AvgIpc) is 2.40. The summed E-state index contributed by atoms with van der Waals surface area (Å²) in [5.74, 6) is -1.98. The Hall–Kier alpha value is -1.49. The van der Waals surface area contributed by atoms with Gasteiger partial charge in [0.25, 0.3) is 5.91 Å². The molecule has 2 rings (SSSR count). The first-order chi connectivity index (χ1) is 9.56. The minimum atomic E-state index is -0.823. The van der Waals surface area contributed by atoms with Gasteiger partial charge in [0.1, 0.15) is 11.6 Å². The molecular formula is C15H22F2N2O. The molecule has 1 N–H and O–H groups in total. The summed E-state index contributed by atoms with van der Waals surface area (Å²) in [6, 6.07) is 3.01. The van der Waals surface area contributed by atoms with Crippen LogP contribution in [0.1, 0.15) is 37.0 Å². The van der Waals surface area contributed by atoms with Crippen LogP contribution < -0.4 is 5.32 Å². The van der Waals surface area contributed by atoms with Crippen LogP contribution in [0.3, 0.4) is 0 Å². The Morgan fingerprint density at radius 2 is 2.05 bits per heavy atom. The monoisotopic (exact) mass is 284 g/mol. The number of likely N-dealkylation sites (N-methyl/N-ethyl adjacent to an activating group) is 1. The van der Waals surface area contributed by atoms with Crippen molar-refractivity contribution in [3.05, 3.63) is 35.4 Å². The second-order valence-corrected chi connectivity index (χ2v) is 4.70. The Morgan fingerprint density at radius 1 is 1.35 bits per heavy atom. The van der Waals surface area contributed by atoms with Crippen LogP contribution >= 0.6 is 0 Å². The molecule has 20 heavy (non-hydrogen) atoms. The van der Waals surface area contributed by atoms with Crippen LogP contribution in [0, 0.1) is 11.6 Å². The minimum absolute atomic E-state index is 0.0284. The van der Waals surface area contributed by atoms with Crippen molar-refractivity contribution in [1.29, 1.82) is 0 Å². The van der Waals surface area contributed by atoms with Crippen molar-refractivity contribution in [3.63, 3.8) is 0 Å². The summed E-state index contributed by atoms with van der Waals surface area (Å²) < 4.78 is 26.2. The van der Waals surface area contributed by atoms with Crippen molar-refractivity contribution < 1.29 is 13.6 Å². The van der Waals surface area contributed by atoms with Crippen LogP contribution in [0.2, 0.25) is 0 Å². The number of carbonyl (C=O) groups is 1. The van der Waals surface area contributed by atoms with Gasteiger partial charge in [-0.15, -0.1) is 0 Å². The van der Waals surface area contributed by atoms with Crippen LogP contribution in [0.25, 0.3) is 0 Å². The second-order valence-electron chi connectivity index (χ2n) is 4.70. The highest BCUT2D eigenvalue weighted by molar-refractivity contribution is 5.94. The average molecular weight is 284 g/mol. The maximum Gasteiger partial charge on any atom is 0.254 e. The van der Waals surface area contributed by atoms with Gasteiger partial charge in [0, 0.05) is 18.7 Å². The van der Waals surface area contributed by atoms with Gasteiger partial charge in [0.15, 0.2) is 0 Å². The number of likely N-dealkylation sites (tertiary alicyclic amines) is 1. The Labute approximate surface area is 119 Å². The number of nitrogens with zero attached hydrogens (tertiary/aromatic N) is 1. The van der Waals surface area contributed by atoms with Gasteiger partial charge in [-0.05, 0) is 38.6 Å². The first kappa shape index (κ1) is 16.6. The van der Waals surface area contributed by atoms with Gasteiger partial charge >= 0.3 is 0 Å². The van der Waals surface area contributed by atoms with E-state index in [9.17, 15) is 13.6 Å². The molecule has 0 unspecified atom stereocenters. The number of amides is 1. The molecule has 0 spiro atoms. The normalized spacial score (nSPS) is 18.9. The number of benzene rings is 1. The summed E-state index contributed by atoms with van der Waals surface area (Å²) in [6.45, 7) is 5.77. The summed E-state index contributed by atoms with van der Waals surface area (Å²) >= 11 is 0. The van der Waals surface area contributed by atoms with Crippen LogP contribution in [-0.4, -0.2) is 37.0 Å². The maximum absolute atomic E-state index is 13.4. The molecule has 1 aromatic carbocycles. The molecule has 5 heteroatoms. The molecule has 0 aliphatic carbocycles. The third-order valence-electron chi connectivity index (χ3n) is 3.14. The Kier molecular flexibility index (Phi) is 6.58. The highest BCUT2D eigenvalue weighted by atomic mass is 19.1. The predicted molar refractivity (Wildman–Crippen MR) is 75.7 cm³/mol. The van der Waals surface area contributed by atoms with E-state index >= 15 is 0 Å². The van der Waals surface area contributed by atoms with E-state index in [1.54, 1.807) is 0 Å². The fourth-order valence-electron chi connectivity index (χ4n) is 2.22. The number of nitrogens with one attached hydrogen (secondary N) is 1. The predicted octanol–water partition coefficient (Wildman–Crippen LogP) is 2.82. The Bertz CT molecular complexity index is 451. The van der Waals surface area contributed by atoms with Crippen LogP contribution in [0.15, 0.2) is 18.2 Å². The van der Waals surface area contributed by atoms with E-state index in [4.69, 9.17) is 0 Å². The molecule has 1 fully saturated rings. The minimum Gasteiger partial charge on any atom is -0.348 e. The zero-order chi connectivity index (χ0) is 15.1. The molecule has 0 radical (unpaired) electrons. The second kappa shape index (κ2) is 7.94. The standard InChI is InChI=1S/C13H16F2N2O.C2H6/c1-17-6-2-3-10(8-17)16-13(18)11-5-4-9(14)7-12(11)15;1-2/h4-5,7,10H,2-3,6,8H2,1H3,(H,16,18);1-2H3/t10-;/m1./s1. The van der Waals surface area contributed by atoms with Gasteiger partial charge in [-0.25, -0.2) is 8.78 Å². The first-order valence-corrected chi connectivity index (χ1v) is 7.00. The zero-order valence-corrected chi connectivity index (χ0v) is 12.2. The SMILES string of the molecule is CC.CN1CCC[C@@H](NC(=O)c2ccc(F)cc2F)C1. The Morgan fingerprint density at radius 3 is 2.65 bits per heavy atom. The zero-order valence-electron chi connectivity index (χ0n) is 12.2. The van der Waals surface area contributed by atoms with E-state index in [-0.39, 0.29) is 11.6 Å². The first-order valence-electron chi connectivity index (χ1n) is 7.00. The maximum atomic E-state index is 13.4. The van der Waals surface area contributed by atoms with Crippen molar-refractivity contribution in [1.82, 2.24) is 10.2 Å². The van der Waals surface area contributed by atoms with E-state index in [1.807, 2.05) is 20.9 Å². The molecular weight excluding hydrogens is 262 g/mol. The van der Waals surface area contributed by atoms with E-state index < -0.39 is 17.5 Å². The van der Waals surface area contributed by atoms with Gasteiger partial charge in [-0.1, -0.05) is 13.8 Å². The topological polar surface area (TPSA) is 32.3 Å².